The molecular weight excluding hydrogens is 464 g/mol. The van der Waals surface area contributed by atoms with Crippen LogP contribution in [0.15, 0.2) is 30.3 Å². The van der Waals surface area contributed by atoms with Gasteiger partial charge < -0.3 is 25.0 Å². The van der Waals surface area contributed by atoms with Crippen LogP contribution >= 0.6 is 0 Å². The van der Waals surface area contributed by atoms with Crippen LogP contribution in [0.25, 0.3) is 0 Å². The molecule has 196 valence electrons. The van der Waals surface area contributed by atoms with Crippen LogP contribution in [0.1, 0.15) is 56.3 Å². The molecule has 5 atom stereocenters. The second kappa shape index (κ2) is 11.8. The van der Waals surface area contributed by atoms with Crippen LogP contribution in [0.4, 0.5) is 0 Å². The van der Waals surface area contributed by atoms with Gasteiger partial charge in [0.2, 0.25) is 18.1 Å². The van der Waals surface area contributed by atoms with Gasteiger partial charge in [0.05, 0.1) is 6.42 Å². The third kappa shape index (κ3) is 5.87. The van der Waals surface area contributed by atoms with E-state index in [1.54, 1.807) is 36.1 Å². The van der Waals surface area contributed by atoms with Crippen LogP contribution in [0.5, 0.6) is 0 Å². The van der Waals surface area contributed by atoms with E-state index in [1.165, 1.54) is 0 Å². The average Bonchev–Trinajstić information content (AvgIpc) is 3.22. The van der Waals surface area contributed by atoms with E-state index in [-0.39, 0.29) is 30.2 Å². The molecule has 3 amide bonds. The number of esters is 1. The number of carbonyl (C=O) groups is 4. The normalized spacial score (nSPS) is 29.1. The van der Waals surface area contributed by atoms with Crippen LogP contribution in [-0.4, -0.2) is 90.2 Å². The molecule has 3 aliphatic heterocycles. The largest absolute Gasteiger partial charge is 0.433 e. The number of hydrogen-bond acceptors (Lipinski definition) is 7. The van der Waals surface area contributed by atoms with Crippen LogP contribution < -0.4 is 10.6 Å². The van der Waals surface area contributed by atoms with Crippen molar-refractivity contribution in [2.75, 3.05) is 26.2 Å². The molecule has 0 radical (unpaired) electrons. The average molecular weight is 501 g/mol. The molecule has 10 nitrogen and oxygen atoms in total. The Morgan fingerprint density at radius 1 is 1.06 bits per heavy atom. The summed E-state index contributed by atoms with van der Waals surface area (Å²) in [5.74, 6) is -1.31. The summed E-state index contributed by atoms with van der Waals surface area (Å²) >= 11 is 0. The first kappa shape index (κ1) is 26.1. The highest BCUT2D eigenvalue weighted by molar-refractivity contribution is 5.98. The van der Waals surface area contributed by atoms with E-state index in [2.05, 4.69) is 15.5 Å². The van der Waals surface area contributed by atoms with Crippen molar-refractivity contribution in [1.82, 2.24) is 20.4 Å². The fourth-order valence-electron chi connectivity index (χ4n) is 5.32. The lowest BCUT2D eigenvalue weighted by molar-refractivity contribution is -0.165. The molecule has 0 spiro atoms. The van der Waals surface area contributed by atoms with E-state index < -0.39 is 30.4 Å². The predicted octanol–water partition coefficient (Wildman–Crippen LogP) is 1.05. The Kier molecular flexibility index (Phi) is 8.58. The van der Waals surface area contributed by atoms with E-state index in [0.29, 0.717) is 31.7 Å². The molecule has 3 aliphatic rings. The van der Waals surface area contributed by atoms with Gasteiger partial charge in [-0.1, -0.05) is 38.0 Å². The number of piperazine rings is 1. The smallest absolute Gasteiger partial charge is 0.310 e. The van der Waals surface area contributed by atoms with Crippen molar-refractivity contribution in [2.45, 2.75) is 76.4 Å². The first-order valence-electron chi connectivity index (χ1n) is 12.9. The van der Waals surface area contributed by atoms with E-state index in [9.17, 15) is 19.2 Å². The number of fused-ring (bicyclic) bond motifs is 1. The van der Waals surface area contributed by atoms with Crippen molar-refractivity contribution in [3.8, 4) is 0 Å². The summed E-state index contributed by atoms with van der Waals surface area (Å²) in [6.07, 6.45) is 2.20. The van der Waals surface area contributed by atoms with Crippen molar-refractivity contribution in [1.29, 1.82) is 0 Å². The first-order chi connectivity index (χ1) is 17.4. The summed E-state index contributed by atoms with van der Waals surface area (Å²) in [5.41, 5.74) is 0.488. The van der Waals surface area contributed by atoms with Gasteiger partial charge in [0.25, 0.3) is 5.91 Å². The molecule has 2 N–H and O–H groups in total. The second-order valence-corrected chi connectivity index (χ2v) is 9.58. The van der Waals surface area contributed by atoms with Gasteiger partial charge in [-0.05, 0) is 38.4 Å². The van der Waals surface area contributed by atoms with E-state index >= 15 is 0 Å². The number of ether oxygens (including phenoxy) is 2. The van der Waals surface area contributed by atoms with Crippen LogP contribution in [0.2, 0.25) is 0 Å². The lowest BCUT2D eigenvalue weighted by atomic mass is 9.93. The molecule has 0 aromatic heterocycles. The van der Waals surface area contributed by atoms with Gasteiger partial charge >= 0.3 is 5.97 Å². The van der Waals surface area contributed by atoms with Crippen LogP contribution in [0, 0.1) is 0 Å². The first-order valence-corrected chi connectivity index (χ1v) is 12.9. The summed E-state index contributed by atoms with van der Waals surface area (Å²) in [5, 5.41) is 5.82. The summed E-state index contributed by atoms with van der Waals surface area (Å²) in [6, 6.07) is 6.60. The lowest BCUT2D eigenvalue weighted by Gasteiger charge is -2.48. The standard InChI is InChI=1S/C26H36N4O6/c1-3-29-15-18-12-8-9-13-19(27-23(32)17-10-6-5-7-11-17)25(34)30(18)21(16-29)24(33)28-20-14-22(31)36-26(20)35-4-2/h5-7,10-11,18-21,26H,3-4,8-9,12-16H2,1-2H3,(H,27,32)(H,28,33)/t18-,19-,20?,21-,26?/m0/s1. The minimum absolute atomic E-state index is 0.0216. The van der Waals surface area contributed by atoms with E-state index in [0.717, 1.165) is 25.8 Å². The van der Waals surface area contributed by atoms with Crippen LogP contribution in [-0.2, 0) is 23.9 Å². The molecule has 3 saturated heterocycles. The number of nitrogens with one attached hydrogen (secondary N) is 2. The van der Waals surface area contributed by atoms with Crippen molar-refractivity contribution < 1.29 is 28.7 Å². The minimum Gasteiger partial charge on any atom is -0.433 e. The fraction of sp³-hybridized carbons (Fsp3) is 0.615. The Hall–Kier alpha value is -2.98. The highest BCUT2D eigenvalue weighted by Crippen LogP contribution is 2.26. The SMILES string of the molecule is CCOC1OC(=O)CC1NC(=O)[C@@H]1CN(CC)C[C@@H]2CCCC[C@H](NC(=O)c3ccccc3)C(=O)N21. The number of likely N-dealkylation sites (N-methyl/N-ethyl adjacent to an activating group) is 1. The second-order valence-electron chi connectivity index (χ2n) is 9.58. The topological polar surface area (TPSA) is 117 Å². The molecule has 0 saturated carbocycles. The number of carbonyl (C=O) groups excluding carboxylic acids is 4. The summed E-state index contributed by atoms with van der Waals surface area (Å²) in [4.78, 5) is 56.0. The maximum atomic E-state index is 13.9. The Labute approximate surface area is 211 Å². The number of rotatable bonds is 7. The summed E-state index contributed by atoms with van der Waals surface area (Å²) in [7, 11) is 0. The minimum atomic E-state index is -0.839. The van der Waals surface area contributed by atoms with Gasteiger partial charge in [0.1, 0.15) is 18.1 Å². The van der Waals surface area contributed by atoms with Crippen molar-refractivity contribution >= 4 is 23.7 Å². The van der Waals surface area contributed by atoms with Gasteiger partial charge in [-0.2, -0.15) is 0 Å². The van der Waals surface area contributed by atoms with Gasteiger partial charge in [0.15, 0.2) is 0 Å². The number of benzene rings is 1. The van der Waals surface area contributed by atoms with E-state index in [1.807, 2.05) is 13.0 Å². The molecular formula is C26H36N4O6. The quantitative estimate of drug-likeness (QED) is 0.538. The zero-order chi connectivity index (χ0) is 25.7. The van der Waals surface area contributed by atoms with Crippen molar-refractivity contribution in [3.05, 3.63) is 35.9 Å². The third-order valence-electron chi connectivity index (χ3n) is 7.17. The molecule has 1 aromatic carbocycles. The number of nitrogens with zero attached hydrogens (tertiary/aromatic N) is 2. The molecule has 2 unspecified atom stereocenters. The zero-order valence-electron chi connectivity index (χ0n) is 21.0. The van der Waals surface area contributed by atoms with E-state index in [4.69, 9.17) is 9.47 Å². The highest BCUT2D eigenvalue weighted by Gasteiger charge is 2.45. The molecule has 3 fully saturated rings. The maximum absolute atomic E-state index is 13.9. The maximum Gasteiger partial charge on any atom is 0.310 e. The predicted molar refractivity (Wildman–Crippen MR) is 131 cm³/mol. The number of amides is 3. The van der Waals surface area contributed by atoms with Gasteiger partial charge in [-0.25, -0.2) is 0 Å². The molecule has 4 rings (SSSR count). The Bertz CT molecular complexity index is 957. The number of cyclic esters (lactones) is 1. The summed E-state index contributed by atoms with van der Waals surface area (Å²) in [6.45, 7) is 5.98. The van der Waals surface area contributed by atoms with Gasteiger partial charge in [-0.15, -0.1) is 0 Å². The zero-order valence-corrected chi connectivity index (χ0v) is 21.0. The van der Waals surface area contributed by atoms with Gasteiger partial charge in [0, 0.05) is 31.3 Å². The van der Waals surface area contributed by atoms with Crippen LogP contribution in [0.3, 0.4) is 0 Å². The molecule has 36 heavy (non-hydrogen) atoms. The molecule has 3 heterocycles. The molecule has 1 aromatic rings. The summed E-state index contributed by atoms with van der Waals surface area (Å²) < 4.78 is 10.7. The third-order valence-corrected chi connectivity index (χ3v) is 7.17. The Morgan fingerprint density at radius 3 is 2.53 bits per heavy atom. The Morgan fingerprint density at radius 2 is 1.81 bits per heavy atom. The highest BCUT2D eigenvalue weighted by atomic mass is 16.7. The number of hydrogen-bond donors (Lipinski definition) is 2. The Balaban J connectivity index is 1.55. The van der Waals surface area contributed by atoms with Crippen molar-refractivity contribution in [2.24, 2.45) is 0 Å². The van der Waals surface area contributed by atoms with Crippen molar-refractivity contribution in [3.63, 3.8) is 0 Å². The molecule has 0 aliphatic carbocycles. The molecule has 10 heteroatoms. The monoisotopic (exact) mass is 500 g/mol. The fourth-order valence-corrected chi connectivity index (χ4v) is 5.32. The van der Waals surface area contributed by atoms with Gasteiger partial charge in [-0.3, -0.25) is 24.1 Å². The lowest BCUT2D eigenvalue weighted by Crippen LogP contribution is -2.68. The molecule has 0 bridgehead atoms.